The summed E-state index contributed by atoms with van der Waals surface area (Å²) in [5.41, 5.74) is 0. The lowest BCUT2D eigenvalue weighted by Crippen LogP contribution is -2.15. The maximum atomic E-state index is 10.6. The molecule has 0 amide bonds. The van der Waals surface area contributed by atoms with Crippen LogP contribution >= 0.6 is 23.5 Å². The smallest absolute Gasteiger partial charge is 0.344 e. The van der Waals surface area contributed by atoms with Crippen molar-refractivity contribution in [3.05, 3.63) is 0 Å². The van der Waals surface area contributed by atoms with Crippen LogP contribution < -0.4 is 0 Å². The van der Waals surface area contributed by atoms with Gasteiger partial charge in [0.2, 0.25) is 20.4 Å². The number of rotatable bonds is 39. The van der Waals surface area contributed by atoms with Crippen LogP contribution in [0.5, 0.6) is 0 Å². The van der Waals surface area contributed by atoms with E-state index in [0.717, 1.165) is 5.75 Å². The van der Waals surface area contributed by atoms with Gasteiger partial charge >= 0.3 is 95.5 Å². The summed E-state index contributed by atoms with van der Waals surface area (Å²) in [6, 6.07) is 0. The van der Waals surface area contributed by atoms with Crippen molar-refractivity contribution in [2.24, 2.45) is 0 Å². The fourth-order valence-corrected chi connectivity index (χ4v) is 4.17. The van der Waals surface area contributed by atoms with E-state index in [-0.39, 0.29) is 122 Å². The topological polar surface area (TPSA) is 510 Å². The quantitative estimate of drug-likeness (QED) is 0.0336. The minimum atomic E-state index is -0.551. The molecule has 0 aromatic rings. The van der Waals surface area contributed by atoms with Crippen molar-refractivity contribution >= 4 is 131 Å². The van der Waals surface area contributed by atoms with Gasteiger partial charge in [-0.25, -0.2) is 14.4 Å². The molecule has 0 fully saturated rings. The second-order valence-electron chi connectivity index (χ2n) is 17.2. The number of esters is 16. The molecule has 0 heterocycles. The second-order valence-corrected chi connectivity index (χ2v) is 19.3. The molecule has 42 heteroatoms. The van der Waals surface area contributed by atoms with Crippen LogP contribution in [0.3, 0.4) is 0 Å². The molecule has 0 aliphatic heterocycles. The molecule has 0 saturated heterocycles. The summed E-state index contributed by atoms with van der Waals surface area (Å²) in [6.07, 6.45) is 1.16. The summed E-state index contributed by atoms with van der Waals surface area (Å²) in [5.74, 6) is -4.33. The van der Waals surface area contributed by atoms with Crippen molar-refractivity contribution in [2.75, 3.05) is 144 Å². The van der Waals surface area contributed by atoms with Gasteiger partial charge in [-0.2, -0.15) is 0 Å². The van der Waals surface area contributed by atoms with Gasteiger partial charge in [0, 0.05) is 129 Å². The highest BCUT2D eigenvalue weighted by atomic mass is 32.2. The third-order valence-electron chi connectivity index (χ3n) is 7.89. The number of carbonyl (C=O) groups excluding carboxylic acids is 18. The van der Waals surface area contributed by atoms with Gasteiger partial charge in [-0.15, -0.1) is 11.8 Å². The Balaban J connectivity index is -0.000000104. The Hall–Kier alpha value is -8.68. The van der Waals surface area contributed by atoms with Crippen molar-refractivity contribution in [2.45, 2.75) is 165 Å². The molecule has 0 spiro atoms. The first-order valence-corrected chi connectivity index (χ1v) is 33.8. The minimum Gasteiger partial charge on any atom is -0.466 e. The Labute approximate surface area is 627 Å². The maximum Gasteiger partial charge on any atom is 0.344 e. The predicted octanol–water partition coefficient (Wildman–Crippen LogP) is 5.04. The summed E-state index contributed by atoms with van der Waals surface area (Å²) < 4.78 is 99.0. The largest absolute Gasteiger partial charge is 0.466 e. The van der Waals surface area contributed by atoms with Gasteiger partial charge in [-0.3, -0.25) is 71.9 Å². The zero-order valence-corrected chi connectivity index (χ0v) is 66.7. The molecule has 0 N–H and O–H groups in total. The molecule has 40 nitrogen and oxygen atoms in total. The summed E-state index contributed by atoms with van der Waals surface area (Å²) in [4.78, 5) is 184. The monoisotopic (exact) mass is 1590 g/mol. The van der Waals surface area contributed by atoms with E-state index in [9.17, 15) is 86.3 Å². The van der Waals surface area contributed by atoms with Gasteiger partial charge in [0.15, 0.2) is 52.0 Å². The Morgan fingerprint density at radius 2 is 0.519 bits per heavy atom. The maximum absolute atomic E-state index is 10.6. The molecule has 0 rings (SSSR count). The van der Waals surface area contributed by atoms with Gasteiger partial charge in [-0.05, 0) is 40.4 Å². The molecule has 0 aliphatic carbocycles. The number of hydrogen-bond acceptors (Lipinski definition) is 42. The van der Waals surface area contributed by atoms with Crippen LogP contribution in [0.2, 0.25) is 0 Å². The number of thioether (sulfide) groups is 2. The Morgan fingerprint density at radius 3 is 0.858 bits per heavy atom. The third-order valence-corrected chi connectivity index (χ3v) is 9.20. The lowest BCUT2D eigenvalue weighted by Gasteiger charge is -2.03. The Morgan fingerprint density at radius 1 is 0.217 bits per heavy atom. The predicted molar refractivity (Wildman–Crippen MR) is 370 cm³/mol. The fourth-order valence-electron chi connectivity index (χ4n) is 3.15. The molecule has 0 bridgehead atoms. The Kier molecular flexibility index (Phi) is 115. The molecule has 106 heavy (non-hydrogen) atoms. The van der Waals surface area contributed by atoms with E-state index in [1.165, 1.54) is 102 Å². The van der Waals surface area contributed by atoms with E-state index in [0.29, 0.717) is 70.1 Å². The van der Waals surface area contributed by atoms with Crippen LogP contribution in [0.4, 0.5) is 0 Å². The normalized spacial score (nSPS) is 8.85. The number of carbonyl (C=O) groups is 18. The van der Waals surface area contributed by atoms with E-state index in [1.807, 2.05) is 27.7 Å². The molecule has 0 unspecified atom stereocenters. The van der Waals surface area contributed by atoms with Gasteiger partial charge in [0.25, 0.3) is 0 Å². The van der Waals surface area contributed by atoms with E-state index >= 15 is 0 Å². The summed E-state index contributed by atoms with van der Waals surface area (Å²) >= 11 is 3.03. The molecule has 0 radical (unpaired) electrons. The van der Waals surface area contributed by atoms with Crippen LogP contribution in [-0.4, -0.2) is 251 Å². The lowest BCUT2D eigenvalue weighted by atomic mass is 10.3. The van der Waals surface area contributed by atoms with Crippen LogP contribution in [0.1, 0.15) is 165 Å². The van der Waals surface area contributed by atoms with Gasteiger partial charge < -0.3 is 104 Å². The highest BCUT2D eigenvalue weighted by Crippen LogP contribution is 2.00. The summed E-state index contributed by atoms with van der Waals surface area (Å²) in [7, 11) is 1.23. The molecule has 0 aromatic heterocycles. The van der Waals surface area contributed by atoms with Crippen LogP contribution in [-0.2, 0) is 191 Å². The summed E-state index contributed by atoms with van der Waals surface area (Å²) in [6.45, 7) is 32.7. The first kappa shape index (κ1) is 121. The average Bonchev–Trinajstić information content (AvgIpc) is 1.86. The van der Waals surface area contributed by atoms with E-state index in [1.54, 1.807) is 46.4 Å². The second kappa shape index (κ2) is 100. The van der Waals surface area contributed by atoms with Crippen molar-refractivity contribution < 1.29 is 191 Å². The lowest BCUT2D eigenvalue weighted by molar-refractivity contribution is -0.169. The average molecular weight is 1590 g/mol. The molecular weight excluding hydrogens is 1470 g/mol. The molecular formula is C64H114O40S2. The number of ketones is 2. The zero-order valence-electron chi connectivity index (χ0n) is 65.1. The molecule has 0 aromatic carbocycles. The van der Waals surface area contributed by atoms with Crippen molar-refractivity contribution in [3.63, 3.8) is 0 Å². The van der Waals surface area contributed by atoms with Crippen LogP contribution in [0.15, 0.2) is 0 Å². The van der Waals surface area contributed by atoms with Crippen molar-refractivity contribution in [1.29, 1.82) is 0 Å². The fraction of sp³-hybridized carbons (Fsp3) is 0.719. The Bertz CT molecular complexity index is 2230. The SMILES string of the molecule is CC(=O)OCOC(C)=O.CCC(=O)COC(C)=O.CCC(=O)COCOC(C)=O.CCC(=O)OCOC(C)=O.CCOC(=O)COC(C)=O.CCOCC(=O)OCOC(C)=O.CCOCOC(C)=O.CCOCOCOC(C)=O.CCOCSCOC(C)=O.CCSCOC(C)=O.COC(=O)COC(C)=O. The zero-order chi connectivity index (χ0) is 84.3. The van der Waals surface area contributed by atoms with Gasteiger partial charge in [-0.1, -0.05) is 39.5 Å². The van der Waals surface area contributed by atoms with E-state index in [4.69, 9.17) is 28.4 Å². The molecule has 0 aliphatic rings. The molecule has 622 valence electrons. The first-order chi connectivity index (χ1) is 49.7. The highest BCUT2D eigenvalue weighted by molar-refractivity contribution is 7.99. The van der Waals surface area contributed by atoms with Crippen LogP contribution in [0.25, 0.3) is 0 Å². The standard InChI is InChI=1S/C7H12O5.C7H12O4.C6H12O4.2C6H10O4.C6H12O3S.C6H10O3.2C5H8O4.C5H10O3.C5H10O2S/c1-3-10-4-7(9)12-5-11-6(2)8;1-3-7(9)4-10-5-11-6(2)8;1-3-8-4-9-5-10-6(2)7;1-3-9-6(8)4-10-5(2)7;1-3-6(8)10-4-9-5(2)7;1-3-8-4-10-5-9-6(2)7;1-3-6(8)4-9-5(2)7;1-4(6)9-3-5(7)8-2;1-4(6)8-3-9-5(2)7;1-3-7-4-8-5(2)6;1-3-8-4-7-5(2)6/h3-5H2,1-2H3;3-5H2,1-2H3;3-5H2,1-2H3;2*3-4H2,1-2H3;3-5H2,1-2H3;3-4H2,1-2H3;2*3H2,1-2H3;2*3-4H2,1-2H3. The van der Waals surface area contributed by atoms with E-state index in [2.05, 4.69) is 75.8 Å². The number of ether oxygens (including phenoxy) is 22. The molecule has 0 saturated carbocycles. The number of methoxy groups -OCH3 is 1. The van der Waals surface area contributed by atoms with Crippen molar-refractivity contribution in [1.82, 2.24) is 0 Å². The minimum absolute atomic E-state index is 0.00264. The van der Waals surface area contributed by atoms with Crippen molar-refractivity contribution in [3.8, 4) is 0 Å². The van der Waals surface area contributed by atoms with E-state index < -0.39 is 65.7 Å². The van der Waals surface area contributed by atoms with Crippen LogP contribution in [0, 0.1) is 0 Å². The highest BCUT2D eigenvalue weighted by Gasteiger charge is 2.06. The molecule has 0 atom stereocenters. The summed E-state index contributed by atoms with van der Waals surface area (Å²) in [5, 5.41) is 0. The first-order valence-electron chi connectivity index (χ1n) is 31.5. The van der Waals surface area contributed by atoms with Gasteiger partial charge in [0.1, 0.15) is 31.7 Å². The third kappa shape index (κ3) is 171. The number of hydrogen-bond donors (Lipinski definition) is 0. The van der Waals surface area contributed by atoms with Gasteiger partial charge in [0.05, 0.1) is 19.7 Å². The number of Topliss-reactive ketones (excluding diaryl/α,β-unsaturated/α-hetero) is 2.